The number of rotatable bonds is 5. The zero-order valence-electron chi connectivity index (χ0n) is 11.9. The Bertz CT molecular complexity index is 537. The minimum Gasteiger partial charge on any atom is -0.467 e. The quantitative estimate of drug-likeness (QED) is 0.895. The molecule has 0 aliphatic carbocycles. The van der Waals surface area contributed by atoms with Crippen molar-refractivity contribution in [2.45, 2.75) is 27.3 Å². The molecule has 2 aromatic heterocycles. The maximum atomic E-state index is 5.41. The van der Waals surface area contributed by atoms with Crippen molar-refractivity contribution in [3.63, 3.8) is 0 Å². The molecule has 0 fully saturated rings. The Hall–Kier alpha value is -2.04. The Morgan fingerprint density at radius 2 is 2.11 bits per heavy atom. The lowest BCUT2D eigenvalue weighted by Gasteiger charge is -2.23. The summed E-state index contributed by atoms with van der Waals surface area (Å²) in [5.74, 6) is 3.53. The van der Waals surface area contributed by atoms with E-state index in [2.05, 4.69) is 27.1 Å². The number of nitrogens with one attached hydrogen (secondary N) is 1. The highest BCUT2D eigenvalue weighted by Crippen LogP contribution is 2.24. The van der Waals surface area contributed by atoms with Crippen LogP contribution in [0.25, 0.3) is 0 Å². The molecule has 0 aliphatic rings. The van der Waals surface area contributed by atoms with Crippen LogP contribution >= 0.6 is 0 Å². The Balaban J connectivity index is 2.34. The van der Waals surface area contributed by atoms with Crippen molar-refractivity contribution < 1.29 is 4.42 Å². The summed E-state index contributed by atoms with van der Waals surface area (Å²) in [6, 6.07) is 3.88. The summed E-state index contributed by atoms with van der Waals surface area (Å²) >= 11 is 0. The van der Waals surface area contributed by atoms with Gasteiger partial charge in [0.25, 0.3) is 0 Å². The van der Waals surface area contributed by atoms with Gasteiger partial charge < -0.3 is 14.6 Å². The molecule has 0 saturated carbocycles. The highest BCUT2D eigenvalue weighted by Gasteiger charge is 2.15. The van der Waals surface area contributed by atoms with Crippen LogP contribution in [0.5, 0.6) is 0 Å². The lowest BCUT2D eigenvalue weighted by molar-refractivity contribution is 0.502. The van der Waals surface area contributed by atoms with E-state index < -0.39 is 0 Å². The maximum Gasteiger partial charge on any atom is 0.137 e. The third kappa shape index (κ3) is 2.86. The van der Waals surface area contributed by atoms with Gasteiger partial charge in [0.05, 0.1) is 12.8 Å². The van der Waals surface area contributed by atoms with E-state index in [0.717, 1.165) is 35.3 Å². The van der Waals surface area contributed by atoms with Gasteiger partial charge in [-0.05, 0) is 32.9 Å². The summed E-state index contributed by atoms with van der Waals surface area (Å²) < 4.78 is 5.41. The van der Waals surface area contributed by atoms with Gasteiger partial charge in [0.2, 0.25) is 0 Å². The second-order valence-electron chi connectivity index (χ2n) is 4.41. The normalized spacial score (nSPS) is 10.5. The lowest BCUT2D eigenvalue weighted by Crippen LogP contribution is -2.24. The fourth-order valence-electron chi connectivity index (χ4n) is 2.09. The molecule has 0 radical (unpaired) electrons. The van der Waals surface area contributed by atoms with Gasteiger partial charge in [0.1, 0.15) is 23.2 Å². The van der Waals surface area contributed by atoms with Crippen LogP contribution in [0.15, 0.2) is 22.8 Å². The minimum absolute atomic E-state index is 0.712. The molecule has 2 aromatic rings. The van der Waals surface area contributed by atoms with E-state index in [-0.39, 0.29) is 0 Å². The lowest BCUT2D eigenvalue weighted by atomic mass is 10.2. The van der Waals surface area contributed by atoms with Crippen molar-refractivity contribution in [1.29, 1.82) is 0 Å². The average Bonchev–Trinajstić information content (AvgIpc) is 2.91. The van der Waals surface area contributed by atoms with E-state index in [1.165, 1.54) is 0 Å². The Labute approximate surface area is 113 Å². The zero-order chi connectivity index (χ0) is 13.8. The van der Waals surface area contributed by atoms with E-state index in [1.807, 2.05) is 33.0 Å². The number of hydrogen-bond donors (Lipinski definition) is 1. The third-order valence-corrected chi connectivity index (χ3v) is 3.08. The monoisotopic (exact) mass is 260 g/mol. The fraction of sp³-hybridized carbons (Fsp3) is 0.429. The Morgan fingerprint density at radius 3 is 2.68 bits per heavy atom. The molecule has 5 heteroatoms. The summed E-state index contributed by atoms with van der Waals surface area (Å²) in [6.07, 6.45) is 1.69. The number of aryl methyl sites for hydroxylation is 1. The first kappa shape index (κ1) is 13.4. The van der Waals surface area contributed by atoms with Crippen molar-refractivity contribution >= 4 is 11.6 Å². The van der Waals surface area contributed by atoms with Crippen LogP contribution in [0.4, 0.5) is 11.6 Å². The number of anilines is 2. The van der Waals surface area contributed by atoms with Crippen LogP contribution in [0, 0.1) is 13.8 Å². The van der Waals surface area contributed by atoms with Crippen LogP contribution in [0.1, 0.15) is 24.1 Å². The van der Waals surface area contributed by atoms with E-state index in [0.29, 0.717) is 6.54 Å². The van der Waals surface area contributed by atoms with Crippen molar-refractivity contribution in [3.8, 4) is 0 Å². The van der Waals surface area contributed by atoms with Gasteiger partial charge in [-0.1, -0.05) is 0 Å². The fourth-order valence-corrected chi connectivity index (χ4v) is 2.09. The van der Waals surface area contributed by atoms with E-state index in [9.17, 15) is 0 Å². The second kappa shape index (κ2) is 5.73. The molecule has 0 aliphatic heterocycles. The number of furan rings is 1. The molecule has 0 aromatic carbocycles. The summed E-state index contributed by atoms with van der Waals surface area (Å²) in [5, 5.41) is 3.11. The van der Waals surface area contributed by atoms with Crippen molar-refractivity contribution in [3.05, 3.63) is 35.5 Å². The van der Waals surface area contributed by atoms with Crippen molar-refractivity contribution in [2.75, 3.05) is 23.8 Å². The molecule has 0 atom stereocenters. The van der Waals surface area contributed by atoms with Gasteiger partial charge in [-0.2, -0.15) is 0 Å². The number of nitrogens with zero attached hydrogens (tertiary/aromatic N) is 3. The smallest absolute Gasteiger partial charge is 0.137 e. The third-order valence-electron chi connectivity index (χ3n) is 3.08. The predicted molar refractivity (Wildman–Crippen MR) is 76.5 cm³/mol. The molecule has 19 heavy (non-hydrogen) atoms. The zero-order valence-corrected chi connectivity index (χ0v) is 11.9. The van der Waals surface area contributed by atoms with Gasteiger partial charge in [-0.15, -0.1) is 0 Å². The molecule has 0 saturated heterocycles. The highest BCUT2D eigenvalue weighted by molar-refractivity contribution is 5.58. The SMILES string of the molecule is CCN(Cc1ccco1)c1nc(C)nc(NC)c1C. The first-order valence-corrected chi connectivity index (χ1v) is 6.46. The standard InChI is InChI=1S/C14H20N4O/c1-5-18(9-12-7-6-8-19-12)14-10(2)13(15-4)16-11(3)17-14/h6-8H,5,9H2,1-4H3,(H,15,16,17). The Morgan fingerprint density at radius 1 is 1.32 bits per heavy atom. The van der Waals surface area contributed by atoms with Gasteiger partial charge in [-0.3, -0.25) is 0 Å². The van der Waals surface area contributed by atoms with Gasteiger partial charge in [-0.25, -0.2) is 9.97 Å². The largest absolute Gasteiger partial charge is 0.467 e. The maximum absolute atomic E-state index is 5.41. The number of hydrogen-bond acceptors (Lipinski definition) is 5. The molecule has 0 spiro atoms. The molecule has 1 N–H and O–H groups in total. The summed E-state index contributed by atoms with van der Waals surface area (Å²) in [4.78, 5) is 11.1. The van der Waals surface area contributed by atoms with Crippen LogP contribution in [0.3, 0.4) is 0 Å². The van der Waals surface area contributed by atoms with E-state index in [4.69, 9.17) is 4.42 Å². The molecular weight excluding hydrogens is 240 g/mol. The first-order valence-electron chi connectivity index (χ1n) is 6.46. The molecule has 0 bridgehead atoms. The van der Waals surface area contributed by atoms with Crippen LogP contribution < -0.4 is 10.2 Å². The first-order chi connectivity index (χ1) is 9.15. The topological polar surface area (TPSA) is 54.2 Å². The number of aromatic nitrogens is 2. The summed E-state index contributed by atoms with van der Waals surface area (Å²) in [5.41, 5.74) is 1.06. The molecule has 0 unspecified atom stereocenters. The van der Waals surface area contributed by atoms with E-state index in [1.54, 1.807) is 6.26 Å². The molecule has 2 rings (SSSR count). The van der Waals surface area contributed by atoms with Gasteiger partial charge >= 0.3 is 0 Å². The molecule has 2 heterocycles. The highest BCUT2D eigenvalue weighted by atomic mass is 16.3. The Kier molecular flexibility index (Phi) is 4.04. The van der Waals surface area contributed by atoms with Crippen LogP contribution in [-0.4, -0.2) is 23.6 Å². The molecular formula is C14H20N4O. The summed E-state index contributed by atoms with van der Waals surface area (Å²) in [6.45, 7) is 7.62. The average molecular weight is 260 g/mol. The minimum atomic E-state index is 0.712. The van der Waals surface area contributed by atoms with Crippen LogP contribution in [-0.2, 0) is 6.54 Å². The van der Waals surface area contributed by atoms with Gasteiger partial charge in [0.15, 0.2) is 0 Å². The van der Waals surface area contributed by atoms with Crippen molar-refractivity contribution in [2.24, 2.45) is 0 Å². The molecule has 5 nitrogen and oxygen atoms in total. The van der Waals surface area contributed by atoms with E-state index >= 15 is 0 Å². The second-order valence-corrected chi connectivity index (χ2v) is 4.41. The van der Waals surface area contributed by atoms with Gasteiger partial charge in [0, 0.05) is 19.2 Å². The molecule has 0 amide bonds. The summed E-state index contributed by atoms with van der Waals surface area (Å²) in [7, 11) is 1.88. The molecule has 102 valence electrons. The van der Waals surface area contributed by atoms with Crippen molar-refractivity contribution in [1.82, 2.24) is 9.97 Å². The van der Waals surface area contributed by atoms with Crippen LogP contribution in [0.2, 0.25) is 0 Å². The predicted octanol–water partition coefficient (Wildman–Crippen LogP) is 2.75.